The predicted molar refractivity (Wildman–Crippen MR) is 99.0 cm³/mol. The van der Waals surface area contributed by atoms with Gasteiger partial charge in [-0.25, -0.2) is 0 Å². The molecule has 0 spiro atoms. The molecule has 0 fully saturated rings. The average Bonchev–Trinajstić information content (AvgIpc) is 2.62. The third-order valence-electron chi connectivity index (χ3n) is 3.79. The van der Waals surface area contributed by atoms with Gasteiger partial charge < -0.3 is 0 Å². The first-order valence-electron chi connectivity index (χ1n) is 7.13. The van der Waals surface area contributed by atoms with Crippen LogP contribution in [0.2, 0.25) is 0 Å². The number of benzene rings is 3. The minimum atomic E-state index is -3.46. The van der Waals surface area contributed by atoms with Crippen LogP contribution < -0.4 is 10.7 Å². The Labute approximate surface area is 140 Å². The normalized spacial score (nSPS) is 10.7. The molecule has 0 aromatic heterocycles. The third-order valence-corrected chi connectivity index (χ3v) is 15.6. The second-order valence-electron chi connectivity index (χ2n) is 5.01. The average molecular weight is 408 g/mol. The van der Waals surface area contributed by atoms with Crippen LogP contribution in [0.1, 0.15) is 0 Å². The van der Waals surface area contributed by atoms with E-state index in [9.17, 15) is 0 Å². The maximum absolute atomic E-state index is 5.04. The summed E-state index contributed by atoms with van der Waals surface area (Å²) >= 11 is 1.57. The SMILES string of the molecule is S=C=[N][Sn]([c]1ccccc1)([c]1ccccc1)[c]1ccccc1. The first kappa shape index (κ1) is 15.2. The van der Waals surface area contributed by atoms with E-state index in [4.69, 9.17) is 15.4 Å². The summed E-state index contributed by atoms with van der Waals surface area (Å²) in [5.74, 6) is 0. The molecule has 0 N–H and O–H groups in total. The Kier molecular flexibility index (Phi) is 4.83. The molecule has 0 saturated heterocycles. The second kappa shape index (κ2) is 7.01. The Bertz CT molecular complexity index is 685. The number of isothiocyanates is 1. The van der Waals surface area contributed by atoms with E-state index in [-0.39, 0.29) is 0 Å². The molecule has 0 saturated carbocycles. The van der Waals surface area contributed by atoms with Crippen LogP contribution in [0.15, 0.2) is 94.2 Å². The van der Waals surface area contributed by atoms with Crippen LogP contribution in [0.4, 0.5) is 0 Å². The zero-order valence-electron chi connectivity index (χ0n) is 12.0. The Hall–Kier alpha value is -1.74. The first-order chi connectivity index (χ1) is 10.9. The topological polar surface area (TPSA) is 12.4 Å². The zero-order chi connectivity index (χ0) is 15.3. The van der Waals surface area contributed by atoms with Crippen molar-refractivity contribution in [2.75, 3.05) is 0 Å². The molecule has 3 aromatic carbocycles. The van der Waals surface area contributed by atoms with Crippen LogP contribution in [0.3, 0.4) is 0 Å². The van der Waals surface area contributed by atoms with E-state index in [0.29, 0.717) is 0 Å². The van der Waals surface area contributed by atoms with Crippen molar-refractivity contribution in [1.29, 1.82) is 0 Å². The fourth-order valence-electron chi connectivity index (χ4n) is 2.80. The number of rotatable bonds is 4. The molecule has 0 amide bonds. The molecule has 1 nitrogen and oxygen atoms in total. The van der Waals surface area contributed by atoms with E-state index in [2.05, 4.69) is 78.0 Å². The summed E-state index contributed by atoms with van der Waals surface area (Å²) < 4.78 is 8.69. The van der Waals surface area contributed by atoms with Crippen molar-refractivity contribution < 1.29 is 0 Å². The van der Waals surface area contributed by atoms with Gasteiger partial charge in [-0.1, -0.05) is 0 Å². The summed E-state index contributed by atoms with van der Waals surface area (Å²) in [4.78, 5) is 0. The van der Waals surface area contributed by atoms with E-state index in [1.54, 1.807) is 0 Å². The molecule has 0 aliphatic heterocycles. The van der Waals surface area contributed by atoms with Gasteiger partial charge >= 0.3 is 141 Å². The Morgan fingerprint density at radius 1 is 0.591 bits per heavy atom. The molecule has 3 aromatic rings. The summed E-state index contributed by atoms with van der Waals surface area (Å²) in [6.45, 7) is 0. The van der Waals surface area contributed by atoms with Crippen molar-refractivity contribution >= 4 is 46.8 Å². The van der Waals surface area contributed by atoms with Gasteiger partial charge in [-0.15, -0.1) is 0 Å². The van der Waals surface area contributed by atoms with Gasteiger partial charge in [0.15, 0.2) is 0 Å². The summed E-state index contributed by atoms with van der Waals surface area (Å²) in [6, 6.07) is 31.6. The van der Waals surface area contributed by atoms with Crippen LogP contribution >= 0.6 is 12.2 Å². The molecule has 22 heavy (non-hydrogen) atoms. The van der Waals surface area contributed by atoms with Gasteiger partial charge in [0.2, 0.25) is 0 Å². The van der Waals surface area contributed by atoms with Crippen molar-refractivity contribution in [2.24, 2.45) is 3.21 Å². The van der Waals surface area contributed by atoms with Gasteiger partial charge in [0.05, 0.1) is 0 Å². The van der Waals surface area contributed by atoms with Crippen molar-refractivity contribution in [2.45, 2.75) is 0 Å². The van der Waals surface area contributed by atoms with Gasteiger partial charge in [-0.3, -0.25) is 0 Å². The standard InChI is InChI=1S/3C6H5.CNS.Sn/c3*1-2-4-6-5-3-1;2-1-3;/h3*1-5H;;/q;;;-1;+1. The monoisotopic (exact) mass is 409 g/mol. The Morgan fingerprint density at radius 3 is 1.18 bits per heavy atom. The molecule has 3 heteroatoms. The zero-order valence-corrected chi connectivity index (χ0v) is 15.7. The Morgan fingerprint density at radius 2 is 0.909 bits per heavy atom. The number of hydrogen-bond donors (Lipinski definition) is 0. The first-order valence-corrected chi connectivity index (χ1v) is 13.1. The fourth-order valence-corrected chi connectivity index (χ4v) is 13.8. The summed E-state index contributed by atoms with van der Waals surface area (Å²) in [5.41, 5.74) is 0. The second-order valence-corrected chi connectivity index (χ2v) is 14.8. The van der Waals surface area contributed by atoms with Gasteiger partial charge in [0.25, 0.3) is 0 Å². The molecule has 0 aliphatic rings. The van der Waals surface area contributed by atoms with Crippen molar-refractivity contribution in [3.63, 3.8) is 0 Å². The molecule has 0 bridgehead atoms. The van der Waals surface area contributed by atoms with Crippen LogP contribution in [0.25, 0.3) is 0 Å². The van der Waals surface area contributed by atoms with Gasteiger partial charge in [0, 0.05) is 0 Å². The molecular weight excluding hydrogens is 393 g/mol. The van der Waals surface area contributed by atoms with Crippen molar-refractivity contribution in [3.8, 4) is 0 Å². The van der Waals surface area contributed by atoms with E-state index in [0.717, 1.165) is 0 Å². The van der Waals surface area contributed by atoms with E-state index >= 15 is 0 Å². The number of nitrogens with zero attached hydrogens (tertiary/aromatic N) is 1. The van der Waals surface area contributed by atoms with Crippen LogP contribution in [-0.2, 0) is 0 Å². The molecule has 3 rings (SSSR count). The quantitative estimate of drug-likeness (QED) is 0.368. The predicted octanol–water partition coefficient (Wildman–Crippen LogP) is 2.76. The van der Waals surface area contributed by atoms with Crippen molar-refractivity contribution in [3.05, 3.63) is 91.0 Å². The third kappa shape index (κ3) is 2.78. The molecule has 0 heterocycles. The van der Waals surface area contributed by atoms with Crippen LogP contribution in [-0.4, -0.2) is 23.8 Å². The molecule has 0 atom stereocenters. The summed E-state index contributed by atoms with van der Waals surface area (Å²) in [5, 5.41) is 2.71. The molecule has 0 aliphatic carbocycles. The fraction of sp³-hybridized carbons (Fsp3) is 0. The maximum atomic E-state index is 5.04. The Balaban J connectivity index is 2.37. The van der Waals surface area contributed by atoms with E-state index in [1.807, 2.05) is 18.2 Å². The summed E-state index contributed by atoms with van der Waals surface area (Å²) in [6.07, 6.45) is 0. The van der Waals surface area contributed by atoms with Crippen molar-refractivity contribution in [1.82, 2.24) is 0 Å². The van der Waals surface area contributed by atoms with E-state index < -0.39 is 18.7 Å². The van der Waals surface area contributed by atoms with Crippen LogP contribution in [0, 0.1) is 0 Å². The van der Waals surface area contributed by atoms with Crippen LogP contribution in [0.5, 0.6) is 0 Å². The number of thiocarbonyl (C=S) groups is 1. The molecule has 0 radical (unpaired) electrons. The van der Waals surface area contributed by atoms with Gasteiger partial charge in [-0.05, 0) is 0 Å². The van der Waals surface area contributed by atoms with E-state index in [1.165, 1.54) is 10.7 Å². The molecule has 106 valence electrons. The minimum absolute atomic E-state index is 1.28. The summed E-state index contributed by atoms with van der Waals surface area (Å²) in [7, 11) is 0. The molecule has 0 unspecified atom stereocenters. The van der Waals surface area contributed by atoms with Gasteiger partial charge in [0.1, 0.15) is 0 Å². The van der Waals surface area contributed by atoms with Gasteiger partial charge in [-0.2, -0.15) is 0 Å². The number of hydrogen-bond acceptors (Lipinski definition) is 2. The molecular formula is C19H15NSSn.